The number of hydrogen-bond acceptors (Lipinski definition) is 3. The second-order valence-electron chi connectivity index (χ2n) is 3.39. The topological polar surface area (TPSA) is 24.9 Å². The molecule has 0 unspecified atom stereocenters. The van der Waals surface area contributed by atoms with E-state index >= 15 is 0 Å². The van der Waals surface area contributed by atoms with Gasteiger partial charge in [0.05, 0.1) is 0 Å². The summed E-state index contributed by atoms with van der Waals surface area (Å²) < 4.78 is 1.10. The molecule has 0 aromatic carbocycles. The molecule has 1 fully saturated rings. The SMILES string of the molecule is Brc1cccnc1SC[C@H]1CCCN1. The van der Waals surface area contributed by atoms with Crippen LogP contribution in [0.3, 0.4) is 0 Å². The number of halogens is 1. The Morgan fingerprint density at radius 2 is 2.57 bits per heavy atom. The highest BCUT2D eigenvalue weighted by molar-refractivity contribution is 9.10. The first-order valence-electron chi connectivity index (χ1n) is 4.83. The highest BCUT2D eigenvalue weighted by Gasteiger charge is 2.14. The summed E-state index contributed by atoms with van der Waals surface area (Å²) in [5.41, 5.74) is 0. The van der Waals surface area contributed by atoms with E-state index in [-0.39, 0.29) is 0 Å². The monoisotopic (exact) mass is 272 g/mol. The molecule has 2 heterocycles. The third kappa shape index (κ3) is 2.72. The molecule has 0 bridgehead atoms. The lowest BCUT2D eigenvalue weighted by molar-refractivity contribution is 0.673. The molecule has 1 saturated heterocycles. The van der Waals surface area contributed by atoms with Crippen LogP contribution in [0.1, 0.15) is 12.8 Å². The molecule has 0 amide bonds. The fourth-order valence-electron chi connectivity index (χ4n) is 1.56. The van der Waals surface area contributed by atoms with Crippen LogP contribution in [0.2, 0.25) is 0 Å². The van der Waals surface area contributed by atoms with Crippen LogP contribution in [0.25, 0.3) is 0 Å². The van der Waals surface area contributed by atoms with Gasteiger partial charge in [0.1, 0.15) is 5.03 Å². The van der Waals surface area contributed by atoms with E-state index < -0.39 is 0 Å². The average molecular weight is 273 g/mol. The van der Waals surface area contributed by atoms with E-state index in [0.717, 1.165) is 15.3 Å². The molecule has 2 nitrogen and oxygen atoms in total. The van der Waals surface area contributed by atoms with Gasteiger partial charge in [-0.2, -0.15) is 0 Å². The molecular weight excluding hydrogens is 260 g/mol. The van der Waals surface area contributed by atoms with Crippen molar-refractivity contribution < 1.29 is 0 Å². The summed E-state index contributed by atoms with van der Waals surface area (Å²) in [7, 11) is 0. The van der Waals surface area contributed by atoms with Crippen LogP contribution < -0.4 is 5.32 Å². The van der Waals surface area contributed by atoms with Crippen LogP contribution in [-0.4, -0.2) is 23.3 Å². The minimum Gasteiger partial charge on any atom is -0.313 e. The molecule has 4 heteroatoms. The van der Waals surface area contributed by atoms with Crippen molar-refractivity contribution >= 4 is 27.7 Å². The van der Waals surface area contributed by atoms with Crippen molar-refractivity contribution in [2.45, 2.75) is 23.9 Å². The summed E-state index contributed by atoms with van der Waals surface area (Å²) in [5.74, 6) is 1.12. The van der Waals surface area contributed by atoms with Gasteiger partial charge in [-0.15, -0.1) is 11.8 Å². The van der Waals surface area contributed by atoms with Crippen LogP contribution in [0.4, 0.5) is 0 Å². The van der Waals surface area contributed by atoms with Gasteiger partial charge >= 0.3 is 0 Å². The van der Waals surface area contributed by atoms with Gasteiger partial charge in [0.15, 0.2) is 0 Å². The van der Waals surface area contributed by atoms with E-state index in [0.29, 0.717) is 6.04 Å². The largest absolute Gasteiger partial charge is 0.313 e. The first kappa shape index (κ1) is 10.5. The standard InChI is InChI=1S/C10H13BrN2S/c11-9-4-2-6-13-10(9)14-7-8-3-1-5-12-8/h2,4,6,8,12H,1,3,5,7H2/t8-/m1/s1. The molecule has 76 valence electrons. The summed E-state index contributed by atoms with van der Waals surface area (Å²) >= 11 is 5.33. The Hall–Kier alpha value is -0.0600. The van der Waals surface area contributed by atoms with Crippen LogP contribution in [0, 0.1) is 0 Å². The molecular formula is C10H13BrN2S. The van der Waals surface area contributed by atoms with E-state index in [1.165, 1.54) is 19.4 Å². The van der Waals surface area contributed by atoms with Gasteiger partial charge in [-0.3, -0.25) is 0 Å². The van der Waals surface area contributed by atoms with Crippen molar-refractivity contribution in [1.82, 2.24) is 10.3 Å². The normalized spacial score (nSPS) is 21.4. The zero-order valence-electron chi connectivity index (χ0n) is 7.87. The number of nitrogens with one attached hydrogen (secondary N) is 1. The first-order valence-corrected chi connectivity index (χ1v) is 6.61. The lowest BCUT2D eigenvalue weighted by Crippen LogP contribution is -2.23. The van der Waals surface area contributed by atoms with Gasteiger partial charge in [-0.05, 0) is 47.4 Å². The number of thioether (sulfide) groups is 1. The molecule has 0 radical (unpaired) electrons. The van der Waals surface area contributed by atoms with E-state index in [9.17, 15) is 0 Å². The predicted molar refractivity (Wildman–Crippen MR) is 63.7 cm³/mol. The number of hydrogen-bond donors (Lipinski definition) is 1. The van der Waals surface area contributed by atoms with Crippen LogP contribution in [0.15, 0.2) is 27.8 Å². The molecule has 2 rings (SSSR count). The molecule has 0 saturated carbocycles. The van der Waals surface area contributed by atoms with Crippen molar-refractivity contribution in [2.75, 3.05) is 12.3 Å². The molecule has 0 spiro atoms. The maximum Gasteiger partial charge on any atom is 0.110 e. The Bertz CT molecular complexity index is 300. The van der Waals surface area contributed by atoms with Crippen molar-refractivity contribution in [1.29, 1.82) is 0 Å². The smallest absolute Gasteiger partial charge is 0.110 e. The maximum absolute atomic E-state index is 4.33. The molecule has 1 aromatic rings. The van der Waals surface area contributed by atoms with Crippen molar-refractivity contribution in [2.24, 2.45) is 0 Å². The fourth-order valence-corrected chi connectivity index (χ4v) is 3.14. The highest BCUT2D eigenvalue weighted by Crippen LogP contribution is 2.26. The predicted octanol–water partition coefficient (Wildman–Crippen LogP) is 2.69. The number of rotatable bonds is 3. The van der Waals surface area contributed by atoms with E-state index in [2.05, 4.69) is 26.2 Å². The summed E-state index contributed by atoms with van der Waals surface area (Å²) in [5, 5.41) is 4.58. The lowest BCUT2D eigenvalue weighted by Gasteiger charge is -2.09. The Morgan fingerprint density at radius 1 is 1.64 bits per heavy atom. The second kappa shape index (κ2) is 5.14. The minimum atomic E-state index is 0.675. The van der Waals surface area contributed by atoms with Crippen molar-refractivity contribution in [3.8, 4) is 0 Å². The summed E-state index contributed by atoms with van der Waals surface area (Å²) in [4.78, 5) is 4.33. The van der Waals surface area contributed by atoms with Crippen LogP contribution in [-0.2, 0) is 0 Å². The first-order chi connectivity index (χ1) is 6.86. The van der Waals surface area contributed by atoms with E-state index in [1.807, 2.05) is 30.1 Å². The Balaban J connectivity index is 1.88. The van der Waals surface area contributed by atoms with Gasteiger partial charge in [-0.25, -0.2) is 4.98 Å². The molecule has 1 aliphatic rings. The third-order valence-corrected chi connectivity index (χ3v) is 4.38. The van der Waals surface area contributed by atoms with E-state index in [1.54, 1.807) is 0 Å². The van der Waals surface area contributed by atoms with Gasteiger partial charge in [0.2, 0.25) is 0 Å². The third-order valence-electron chi connectivity index (χ3n) is 2.31. The Morgan fingerprint density at radius 3 is 3.29 bits per heavy atom. The van der Waals surface area contributed by atoms with Gasteiger partial charge < -0.3 is 5.32 Å². The van der Waals surface area contributed by atoms with Gasteiger partial charge in [0.25, 0.3) is 0 Å². The van der Waals surface area contributed by atoms with Gasteiger partial charge in [-0.1, -0.05) is 0 Å². The van der Waals surface area contributed by atoms with Crippen molar-refractivity contribution in [3.63, 3.8) is 0 Å². The molecule has 0 aliphatic carbocycles. The van der Waals surface area contributed by atoms with Gasteiger partial charge in [0, 0.05) is 22.5 Å². The summed E-state index contributed by atoms with van der Waals surface area (Å²) in [6.07, 6.45) is 4.46. The minimum absolute atomic E-state index is 0.675. The zero-order valence-corrected chi connectivity index (χ0v) is 10.3. The van der Waals surface area contributed by atoms with E-state index in [4.69, 9.17) is 0 Å². The fraction of sp³-hybridized carbons (Fsp3) is 0.500. The summed E-state index contributed by atoms with van der Waals surface area (Å²) in [6, 6.07) is 4.66. The molecule has 1 N–H and O–H groups in total. The molecule has 14 heavy (non-hydrogen) atoms. The van der Waals surface area contributed by atoms with Crippen LogP contribution >= 0.6 is 27.7 Å². The second-order valence-corrected chi connectivity index (χ2v) is 5.26. The van der Waals surface area contributed by atoms with Crippen LogP contribution in [0.5, 0.6) is 0 Å². The Kier molecular flexibility index (Phi) is 3.84. The summed E-state index contributed by atoms with van der Waals surface area (Å²) in [6.45, 7) is 1.18. The zero-order chi connectivity index (χ0) is 9.80. The number of pyridine rings is 1. The van der Waals surface area contributed by atoms with Crippen molar-refractivity contribution in [3.05, 3.63) is 22.8 Å². The number of nitrogens with zero attached hydrogens (tertiary/aromatic N) is 1. The average Bonchev–Trinajstić information content (AvgIpc) is 2.69. The Labute approximate surface area is 97.0 Å². The lowest BCUT2D eigenvalue weighted by atomic mass is 10.3. The molecule has 1 aromatic heterocycles. The molecule has 1 aliphatic heterocycles. The maximum atomic E-state index is 4.33. The molecule has 1 atom stereocenters. The number of aromatic nitrogens is 1. The quantitative estimate of drug-likeness (QED) is 0.857. The highest BCUT2D eigenvalue weighted by atomic mass is 79.9.